The number of nitrogens with zero attached hydrogens (tertiary/aromatic N) is 2. The van der Waals surface area contributed by atoms with Gasteiger partial charge in [-0.3, -0.25) is 5.01 Å². The van der Waals surface area contributed by atoms with Crippen molar-refractivity contribution < 1.29 is 9.47 Å². The summed E-state index contributed by atoms with van der Waals surface area (Å²) in [5.74, 6) is 0.868. The first-order valence-corrected chi connectivity index (χ1v) is 8.16. The highest BCUT2D eigenvalue weighted by molar-refractivity contribution is 5.79. The molecule has 0 bridgehead atoms. The maximum Gasteiger partial charge on any atom is 0.121 e. The van der Waals surface area contributed by atoms with Crippen LogP contribution < -0.4 is 4.74 Å². The second-order valence-electron chi connectivity index (χ2n) is 5.98. The molecule has 2 aromatic carbocycles. The van der Waals surface area contributed by atoms with Gasteiger partial charge in [0.15, 0.2) is 0 Å². The summed E-state index contributed by atoms with van der Waals surface area (Å²) < 4.78 is 11.1. The number of hydrazone groups is 1. The summed E-state index contributed by atoms with van der Waals surface area (Å²) >= 11 is 0. The van der Waals surface area contributed by atoms with Gasteiger partial charge in [0.2, 0.25) is 0 Å². The number of hydrogen-bond donors (Lipinski definition) is 0. The SMILES string of the molecule is COc1ccc(CN2N=CC3OCC=C(c4ccccc4)C32)cc1. The predicted octanol–water partition coefficient (Wildman–Crippen LogP) is 3.35. The molecule has 2 heterocycles. The van der Waals surface area contributed by atoms with E-state index in [2.05, 4.69) is 52.6 Å². The lowest BCUT2D eigenvalue weighted by Gasteiger charge is -2.33. The molecule has 24 heavy (non-hydrogen) atoms. The monoisotopic (exact) mass is 320 g/mol. The first-order chi connectivity index (χ1) is 11.8. The second-order valence-corrected chi connectivity index (χ2v) is 5.98. The van der Waals surface area contributed by atoms with E-state index in [0.29, 0.717) is 6.61 Å². The van der Waals surface area contributed by atoms with E-state index >= 15 is 0 Å². The van der Waals surface area contributed by atoms with E-state index in [-0.39, 0.29) is 12.1 Å². The van der Waals surface area contributed by atoms with Crippen LogP contribution in [0.25, 0.3) is 5.57 Å². The van der Waals surface area contributed by atoms with Crippen molar-refractivity contribution in [2.24, 2.45) is 5.10 Å². The second kappa shape index (κ2) is 6.49. The molecular formula is C20H20N2O2. The number of ether oxygens (including phenoxy) is 2. The van der Waals surface area contributed by atoms with E-state index in [9.17, 15) is 0 Å². The Morgan fingerprint density at radius 2 is 1.92 bits per heavy atom. The number of fused-ring (bicyclic) bond motifs is 1. The quantitative estimate of drug-likeness (QED) is 0.866. The molecule has 2 aromatic rings. The van der Waals surface area contributed by atoms with Crippen LogP contribution in [0.2, 0.25) is 0 Å². The van der Waals surface area contributed by atoms with Crippen LogP contribution in [-0.2, 0) is 11.3 Å². The third kappa shape index (κ3) is 2.81. The molecule has 2 unspecified atom stereocenters. The van der Waals surface area contributed by atoms with Crippen LogP contribution in [0.1, 0.15) is 11.1 Å². The van der Waals surface area contributed by atoms with E-state index in [1.54, 1.807) is 7.11 Å². The van der Waals surface area contributed by atoms with Crippen LogP contribution in [0.4, 0.5) is 0 Å². The van der Waals surface area contributed by atoms with Crippen molar-refractivity contribution in [2.45, 2.75) is 18.7 Å². The van der Waals surface area contributed by atoms with Crippen LogP contribution in [0, 0.1) is 0 Å². The molecule has 2 aliphatic rings. The molecule has 2 aliphatic heterocycles. The van der Waals surface area contributed by atoms with Gasteiger partial charge in [-0.05, 0) is 28.8 Å². The predicted molar refractivity (Wildman–Crippen MR) is 95.0 cm³/mol. The fourth-order valence-corrected chi connectivity index (χ4v) is 3.29. The van der Waals surface area contributed by atoms with Gasteiger partial charge in [0.05, 0.1) is 26.5 Å². The molecule has 122 valence electrons. The van der Waals surface area contributed by atoms with E-state index in [4.69, 9.17) is 9.47 Å². The minimum absolute atomic E-state index is 0.0171. The lowest BCUT2D eigenvalue weighted by molar-refractivity contribution is 0.0705. The maximum atomic E-state index is 5.87. The molecule has 0 amide bonds. The standard InChI is InChI=1S/C20H20N2O2/c1-23-17-9-7-15(8-10-17)14-22-20-18(16-5-3-2-4-6-16)11-12-24-19(20)13-21-22/h2-11,13,19-20H,12,14H2,1H3. The van der Waals surface area contributed by atoms with Crippen molar-refractivity contribution in [3.05, 3.63) is 71.8 Å². The molecule has 0 saturated carbocycles. The smallest absolute Gasteiger partial charge is 0.121 e. The molecule has 4 heteroatoms. The van der Waals surface area contributed by atoms with Crippen LogP contribution in [0.3, 0.4) is 0 Å². The Labute approximate surface area is 142 Å². The molecule has 4 rings (SSSR count). The Hall–Kier alpha value is -2.59. The van der Waals surface area contributed by atoms with Crippen LogP contribution in [0.5, 0.6) is 5.75 Å². The van der Waals surface area contributed by atoms with Gasteiger partial charge in [0.25, 0.3) is 0 Å². The highest BCUT2D eigenvalue weighted by Crippen LogP contribution is 2.33. The first-order valence-electron chi connectivity index (χ1n) is 8.16. The third-order valence-electron chi connectivity index (χ3n) is 4.52. The fraction of sp³-hybridized carbons (Fsp3) is 0.250. The van der Waals surface area contributed by atoms with Crippen LogP contribution >= 0.6 is 0 Å². The summed E-state index contributed by atoms with van der Waals surface area (Å²) in [6, 6.07) is 18.7. The van der Waals surface area contributed by atoms with Gasteiger partial charge < -0.3 is 9.47 Å². The van der Waals surface area contributed by atoms with Crippen molar-refractivity contribution in [1.82, 2.24) is 5.01 Å². The van der Waals surface area contributed by atoms with Gasteiger partial charge in [-0.15, -0.1) is 0 Å². The zero-order chi connectivity index (χ0) is 16.4. The maximum absolute atomic E-state index is 5.87. The number of rotatable bonds is 4. The first kappa shape index (κ1) is 15.0. The Kier molecular flexibility index (Phi) is 4.05. The Morgan fingerprint density at radius 1 is 1.12 bits per heavy atom. The molecule has 2 atom stereocenters. The number of benzene rings is 2. The zero-order valence-electron chi connectivity index (χ0n) is 13.6. The lowest BCUT2D eigenvalue weighted by atomic mass is 9.93. The topological polar surface area (TPSA) is 34.1 Å². The van der Waals surface area contributed by atoms with Gasteiger partial charge in [-0.1, -0.05) is 48.5 Å². The Balaban J connectivity index is 1.58. The van der Waals surface area contributed by atoms with Crippen molar-refractivity contribution in [1.29, 1.82) is 0 Å². The molecule has 0 saturated heterocycles. The zero-order valence-corrected chi connectivity index (χ0v) is 13.6. The van der Waals surface area contributed by atoms with Gasteiger partial charge in [-0.25, -0.2) is 0 Å². The summed E-state index contributed by atoms with van der Waals surface area (Å²) in [5, 5.41) is 6.72. The fourth-order valence-electron chi connectivity index (χ4n) is 3.29. The van der Waals surface area contributed by atoms with E-state index < -0.39 is 0 Å². The van der Waals surface area contributed by atoms with Crippen molar-refractivity contribution in [2.75, 3.05) is 13.7 Å². The molecule has 0 N–H and O–H groups in total. The molecular weight excluding hydrogens is 300 g/mol. The van der Waals surface area contributed by atoms with Crippen LogP contribution in [0.15, 0.2) is 65.8 Å². The molecule has 4 nitrogen and oxygen atoms in total. The van der Waals surface area contributed by atoms with Gasteiger partial charge in [-0.2, -0.15) is 5.10 Å². The largest absolute Gasteiger partial charge is 0.497 e. The van der Waals surface area contributed by atoms with E-state index in [1.165, 1.54) is 16.7 Å². The van der Waals surface area contributed by atoms with E-state index in [1.807, 2.05) is 24.4 Å². The van der Waals surface area contributed by atoms with Crippen molar-refractivity contribution in [3.8, 4) is 5.75 Å². The molecule has 0 aromatic heterocycles. The van der Waals surface area contributed by atoms with Crippen LogP contribution in [-0.4, -0.2) is 37.1 Å². The molecule has 0 aliphatic carbocycles. The minimum atomic E-state index is 0.0171. The van der Waals surface area contributed by atoms with Gasteiger partial charge in [0, 0.05) is 0 Å². The minimum Gasteiger partial charge on any atom is -0.497 e. The van der Waals surface area contributed by atoms with Crippen molar-refractivity contribution in [3.63, 3.8) is 0 Å². The summed E-state index contributed by atoms with van der Waals surface area (Å²) in [6.45, 7) is 1.38. The Bertz CT molecular complexity index is 753. The Morgan fingerprint density at radius 3 is 2.67 bits per heavy atom. The van der Waals surface area contributed by atoms with E-state index in [0.717, 1.165) is 12.3 Å². The number of hydrogen-bond acceptors (Lipinski definition) is 4. The van der Waals surface area contributed by atoms with Gasteiger partial charge >= 0.3 is 0 Å². The third-order valence-corrected chi connectivity index (χ3v) is 4.52. The highest BCUT2D eigenvalue weighted by Gasteiger charge is 2.37. The summed E-state index contributed by atoms with van der Waals surface area (Å²) in [4.78, 5) is 0. The van der Waals surface area contributed by atoms with Crippen molar-refractivity contribution >= 4 is 11.8 Å². The summed E-state index contributed by atoms with van der Waals surface area (Å²) in [7, 11) is 1.68. The lowest BCUT2D eigenvalue weighted by Crippen LogP contribution is -2.40. The average molecular weight is 320 g/mol. The number of methoxy groups -OCH3 is 1. The molecule has 0 spiro atoms. The highest BCUT2D eigenvalue weighted by atomic mass is 16.5. The average Bonchev–Trinajstić information content (AvgIpc) is 3.06. The normalized spacial score (nSPS) is 22.2. The summed E-state index contributed by atoms with van der Waals surface area (Å²) in [6.07, 6.45) is 4.11. The van der Waals surface area contributed by atoms with Gasteiger partial charge in [0.1, 0.15) is 17.9 Å². The summed E-state index contributed by atoms with van der Waals surface area (Å²) in [5.41, 5.74) is 3.73. The molecule has 0 radical (unpaired) electrons. The molecule has 0 fully saturated rings.